The number of nitrogens with zero attached hydrogens (tertiary/aromatic N) is 2. The van der Waals surface area contributed by atoms with E-state index in [9.17, 15) is 4.79 Å². The highest BCUT2D eigenvalue weighted by molar-refractivity contribution is 8.32. The van der Waals surface area contributed by atoms with Crippen LogP contribution in [-0.2, 0) is 0 Å². The van der Waals surface area contributed by atoms with Gasteiger partial charge in [0, 0.05) is 11.8 Å². The fourth-order valence-corrected chi connectivity index (χ4v) is 2.38. The maximum atomic E-state index is 10.7. The van der Waals surface area contributed by atoms with Crippen molar-refractivity contribution in [2.24, 2.45) is 0 Å². The van der Waals surface area contributed by atoms with Crippen LogP contribution >= 0.6 is 10.9 Å². The van der Waals surface area contributed by atoms with Crippen LogP contribution in [0, 0.1) is 0 Å². The van der Waals surface area contributed by atoms with Gasteiger partial charge >= 0.3 is 5.30 Å². The Bertz CT molecular complexity index is 364. The predicted molar refractivity (Wildman–Crippen MR) is 46.3 cm³/mol. The van der Waals surface area contributed by atoms with Crippen molar-refractivity contribution in [1.82, 2.24) is 9.97 Å². The Balaban J connectivity index is 2.49. The molecule has 62 valence electrons. The molecule has 0 aromatic carbocycles. The van der Waals surface area contributed by atoms with Gasteiger partial charge in [-0.3, -0.25) is 0 Å². The van der Waals surface area contributed by atoms with Gasteiger partial charge in [0.15, 0.2) is 0 Å². The monoisotopic (exact) mass is 182 g/mol. The number of carbonyl (C=O) groups is 1. The van der Waals surface area contributed by atoms with Crippen LogP contribution in [0.15, 0.2) is 23.0 Å². The minimum atomic E-state index is -1.23. The summed E-state index contributed by atoms with van der Waals surface area (Å²) in [7, 11) is -1.23. The number of carboxylic acid groups (broad SMARTS) is 1. The van der Waals surface area contributed by atoms with E-state index in [4.69, 9.17) is 5.11 Å². The minimum absolute atomic E-state index is 0.646. The zero-order valence-electron chi connectivity index (χ0n) is 6.01. The molecule has 0 amide bonds. The molecule has 1 aliphatic heterocycles. The van der Waals surface area contributed by atoms with Gasteiger partial charge in [-0.15, -0.1) is 0 Å². The van der Waals surface area contributed by atoms with E-state index >= 15 is 0 Å². The lowest BCUT2D eigenvalue weighted by atomic mass is 10.3. The fraction of sp³-hybridized carbons (Fsp3) is 0. The van der Waals surface area contributed by atoms with Crippen LogP contribution in [-0.4, -0.2) is 20.4 Å². The Kier molecular flexibility index (Phi) is 1.58. The molecule has 12 heavy (non-hydrogen) atoms. The molecule has 0 saturated carbocycles. The van der Waals surface area contributed by atoms with E-state index in [1.54, 1.807) is 17.7 Å². The predicted octanol–water partition coefficient (Wildman–Crippen LogP) is 1.50. The quantitative estimate of drug-likeness (QED) is 0.471. The molecular weight excluding hydrogens is 176 g/mol. The maximum absolute atomic E-state index is 10.7. The highest BCUT2D eigenvalue weighted by Gasteiger charge is 2.20. The Morgan fingerprint density at radius 2 is 2.42 bits per heavy atom. The number of aromatic nitrogens is 2. The van der Waals surface area contributed by atoms with Gasteiger partial charge in [-0.25, -0.2) is 14.8 Å². The van der Waals surface area contributed by atoms with Gasteiger partial charge < -0.3 is 5.11 Å². The van der Waals surface area contributed by atoms with Crippen LogP contribution in [0.5, 0.6) is 0 Å². The summed E-state index contributed by atoms with van der Waals surface area (Å²) < 4.78 is 0. The molecule has 1 aromatic rings. The zero-order chi connectivity index (χ0) is 8.55. The third-order valence-corrected chi connectivity index (χ3v) is 3.25. The summed E-state index contributed by atoms with van der Waals surface area (Å²) in [5, 5.41) is 10.3. The van der Waals surface area contributed by atoms with Gasteiger partial charge in [-0.1, -0.05) is 10.9 Å². The van der Waals surface area contributed by atoms with E-state index in [0.717, 1.165) is 5.56 Å². The number of thiol groups is 1. The van der Waals surface area contributed by atoms with Gasteiger partial charge in [0.1, 0.15) is 11.4 Å². The SMILES string of the molecule is O=C(O)[SH]1C=Cc2cncnc21. The first-order valence-electron chi connectivity index (χ1n) is 3.29. The normalized spacial score (nSPS) is 22.2. The smallest absolute Gasteiger partial charge is 0.353 e. The summed E-state index contributed by atoms with van der Waals surface area (Å²) in [4.78, 5) is 18.4. The fourth-order valence-electron chi connectivity index (χ4n) is 1.03. The van der Waals surface area contributed by atoms with Crippen molar-refractivity contribution in [3.63, 3.8) is 0 Å². The lowest BCUT2D eigenvalue weighted by molar-refractivity contribution is 0.222. The molecule has 1 aromatic heterocycles. The van der Waals surface area contributed by atoms with E-state index in [1.807, 2.05) is 0 Å². The molecule has 2 heterocycles. The van der Waals surface area contributed by atoms with Crippen LogP contribution in [0.25, 0.3) is 6.08 Å². The second-order valence-electron chi connectivity index (χ2n) is 2.27. The van der Waals surface area contributed by atoms with Crippen molar-refractivity contribution in [3.05, 3.63) is 23.5 Å². The molecule has 0 radical (unpaired) electrons. The van der Waals surface area contributed by atoms with Gasteiger partial charge in [0.2, 0.25) is 0 Å². The molecule has 5 heteroatoms. The Morgan fingerprint density at radius 3 is 3.17 bits per heavy atom. The molecule has 0 fully saturated rings. The number of fused-ring (bicyclic) bond motifs is 1. The number of hydrogen-bond donors (Lipinski definition) is 2. The highest BCUT2D eigenvalue weighted by Crippen LogP contribution is 2.44. The summed E-state index contributed by atoms with van der Waals surface area (Å²) in [5.74, 6) is 0. The van der Waals surface area contributed by atoms with Crippen LogP contribution in [0.3, 0.4) is 0 Å². The minimum Gasteiger partial charge on any atom is -0.474 e. The topological polar surface area (TPSA) is 63.1 Å². The Labute approximate surface area is 71.3 Å². The lowest BCUT2D eigenvalue weighted by Crippen LogP contribution is -1.94. The van der Waals surface area contributed by atoms with Crippen molar-refractivity contribution in [1.29, 1.82) is 0 Å². The van der Waals surface area contributed by atoms with Crippen LogP contribution in [0.1, 0.15) is 5.56 Å². The highest BCUT2D eigenvalue weighted by atomic mass is 32.2. The number of rotatable bonds is 0. The van der Waals surface area contributed by atoms with Crippen molar-refractivity contribution < 1.29 is 9.90 Å². The zero-order valence-corrected chi connectivity index (χ0v) is 6.90. The lowest BCUT2D eigenvalue weighted by Gasteiger charge is -2.06. The molecule has 0 saturated heterocycles. The second-order valence-corrected chi connectivity index (χ2v) is 4.11. The van der Waals surface area contributed by atoms with Crippen LogP contribution < -0.4 is 0 Å². The maximum Gasteiger partial charge on any atom is 0.353 e. The average Bonchev–Trinajstić information content (AvgIpc) is 2.47. The van der Waals surface area contributed by atoms with Gasteiger partial charge in [-0.05, 0) is 11.5 Å². The third-order valence-electron chi connectivity index (χ3n) is 1.56. The van der Waals surface area contributed by atoms with E-state index < -0.39 is 16.2 Å². The summed E-state index contributed by atoms with van der Waals surface area (Å²) in [6, 6.07) is 0. The van der Waals surface area contributed by atoms with Crippen molar-refractivity contribution in [3.8, 4) is 0 Å². The molecule has 0 bridgehead atoms. The van der Waals surface area contributed by atoms with Gasteiger partial charge in [0.05, 0.1) is 0 Å². The first-order valence-corrected chi connectivity index (χ1v) is 4.70. The summed E-state index contributed by atoms with van der Waals surface area (Å²) in [5.41, 5.74) is 0.825. The summed E-state index contributed by atoms with van der Waals surface area (Å²) in [6.45, 7) is 0. The second kappa shape index (κ2) is 2.60. The molecule has 2 rings (SSSR count). The Hall–Kier alpha value is -1.36. The summed E-state index contributed by atoms with van der Waals surface area (Å²) >= 11 is 0. The molecule has 1 atom stereocenters. The van der Waals surface area contributed by atoms with E-state index in [-0.39, 0.29) is 0 Å². The molecule has 1 aliphatic rings. The van der Waals surface area contributed by atoms with E-state index in [2.05, 4.69) is 9.97 Å². The third kappa shape index (κ3) is 0.984. The van der Waals surface area contributed by atoms with Gasteiger partial charge in [-0.2, -0.15) is 0 Å². The Morgan fingerprint density at radius 1 is 1.58 bits per heavy atom. The molecule has 1 N–H and O–H groups in total. The molecular formula is C7H6N2O2S. The average molecular weight is 182 g/mol. The molecule has 1 unspecified atom stereocenters. The largest absolute Gasteiger partial charge is 0.474 e. The van der Waals surface area contributed by atoms with E-state index in [1.165, 1.54) is 6.33 Å². The number of hydrogen-bond acceptors (Lipinski definition) is 3. The van der Waals surface area contributed by atoms with Gasteiger partial charge in [0.25, 0.3) is 0 Å². The molecule has 4 nitrogen and oxygen atoms in total. The van der Waals surface area contributed by atoms with Crippen molar-refractivity contribution >= 4 is 22.3 Å². The van der Waals surface area contributed by atoms with Crippen molar-refractivity contribution in [2.75, 3.05) is 0 Å². The van der Waals surface area contributed by atoms with Crippen LogP contribution in [0.2, 0.25) is 0 Å². The standard InChI is InChI=1S/C7H6N2O2S/c10-7(11)12-2-1-5-3-8-4-9-6(5)12/h1-4,12H,(H,10,11). The van der Waals surface area contributed by atoms with Crippen molar-refractivity contribution in [2.45, 2.75) is 5.03 Å². The molecule has 0 spiro atoms. The first-order chi connectivity index (χ1) is 5.79. The first kappa shape index (κ1) is 7.30. The van der Waals surface area contributed by atoms with Crippen LogP contribution in [0.4, 0.5) is 4.79 Å². The van der Waals surface area contributed by atoms with E-state index in [0.29, 0.717) is 5.03 Å². The summed E-state index contributed by atoms with van der Waals surface area (Å²) in [6.07, 6.45) is 4.77. The molecule has 0 aliphatic carbocycles.